The molecule has 0 rings (SSSR count). The molecule has 0 aliphatic heterocycles. The maximum Gasteiger partial charge on any atom is 0.320 e. The highest BCUT2D eigenvalue weighted by atomic mass is 32.2. The zero-order valence-electron chi connectivity index (χ0n) is 9.43. The zero-order valence-corrected chi connectivity index (χ0v) is 10.3. The lowest BCUT2D eigenvalue weighted by Crippen LogP contribution is -2.30. The van der Waals surface area contributed by atoms with Crippen molar-refractivity contribution in [1.29, 1.82) is 0 Å². The van der Waals surface area contributed by atoms with Crippen molar-refractivity contribution in [3.05, 3.63) is 5.53 Å². The van der Waals surface area contributed by atoms with E-state index in [0.717, 1.165) is 5.75 Å². The Balaban J connectivity index is 0. The van der Waals surface area contributed by atoms with Gasteiger partial charge in [-0.3, -0.25) is 4.79 Å². The molecule has 88 valence electrons. The smallest absolute Gasteiger partial charge is 0.320 e. The van der Waals surface area contributed by atoms with Crippen molar-refractivity contribution in [1.82, 2.24) is 0 Å². The molecule has 0 aliphatic carbocycles. The Morgan fingerprint density at radius 2 is 2.07 bits per heavy atom. The van der Waals surface area contributed by atoms with E-state index >= 15 is 0 Å². The van der Waals surface area contributed by atoms with Crippen LogP contribution in [0, 0.1) is 0 Å². The van der Waals surface area contributed by atoms with E-state index < -0.39 is 12.0 Å². The number of nitrogens with zero attached hydrogens (tertiary/aromatic N) is 2. The molecule has 0 aromatic heterocycles. The second kappa shape index (κ2) is 8.47. The Labute approximate surface area is 94.7 Å². The summed E-state index contributed by atoms with van der Waals surface area (Å²) in [6, 6.07) is -0.708. The van der Waals surface area contributed by atoms with Crippen LogP contribution in [0.4, 0.5) is 0 Å². The number of nitrogens with two attached hydrogens (primary N) is 1. The van der Waals surface area contributed by atoms with Crippen LogP contribution >= 0.6 is 11.8 Å². The van der Waals surface area contributed by atoms with Gasteiger partial charge in [-0.15, -0.1) is 0 Å². The lowest BCUT2D eigenvalue weighted by Gasteiger charge is -2.17. The molecule has 0 radical (unpaired) electrons. The van der Waals surface area contributed by atoms with Crippen molar-refractivity contribution in [2.45, 2.75) is 38.0 Å². The molecular weight excluding hydrogens is 214 g/mol. The number of hydrogen-bond acceptors (Lipinski definition) is 3. The molecule has 0 heterocycles. The summed E-state index contributed by atoms with van der Waals surface area (Å²) in [4.78, 5) is 12.6. The summed E-state index contributed by atoms with van der Waals surface area (Å²) >= 11 is 1.74. The lowest BCUT2D eigenvalue weighted by molar-refractivity contribution is -0.138. The second-order valence-electron chi connectivity index (χ2n) is 3.84. The molecule has 0 saturated heterocycles. The first-order chi connectivity index (χ1) is 6.74. The highest BCUT2D eigenvalue weighted by Crippen LogP contribution is 2.23. The van der Waals surface area contributed by atoms with E-state index in [1.54, 1.807) is 11.8 Å². The maximum atomic E-state index is 10.3. The number of rotatable bonds is 4. The lowest BCUT2D eigenvalue weighted by atomic mass is 10.2. The van der Waals surface area contributed by atoms with Crippen molar-refractivity contribution in [3.8, 4) is 0 Å². The molecule has 1 atom stereocenters. The third-order valence-electron chi connectivity index (χ3n) is 1.28. The second-order valence-corrected chi connectivity index (χ2v) is 5.76. The Bertz CT molecular complexity index is 220. The molecule has 0 unspecified atom stereocenters. The summed E-state index contributed by atoms with van der Waals surface area (Å²) in [5, 5.41) is 8.48. The fraction of sp³-hybridized carbons (Fsp3) is 0.778. The largest absolute Gasteiger partial charge is 0.480 e. The monoisotopic (exact) mass is 233 g/mol. The minimum Gasteiger partial charge on any atom is -0.480 e. The maximum absolute atomic E-state index is 10.3. The van der Waals surface area contributed by atoms with Gasteiger partial charge in [0.1, 0.15) is 6.04 Å². The number of carboxylic acid groups (broad SMARTS) is 1. The van der Waals surface area contributed by atoms with Crippen LogP contribution in [0.1, 0.15) is 27.2 Å². The molecule has 0 aromatic rings. The van der Waals surface area contributed by atoms with Crippen LogP contribution < -0.4 is 5.73 Å². The van der Waals surface area contributed by atoms with E-state index in [2.05, 4.69) is 32.3 Å². The predicted molar refractivity (Wildman–Crippen MR) is 63.2 cm³/mol. The summed E-state index contributed by atoms with van der Waals surface area (Å²) in [6.07, 6.45) is 0.539. The van der Waals surface area contributed by atoms with Crippen molar-refractivity contribution in [3.63, 3.8) is 0 Å². The Morgan fingerprint density at radius 1 is 1.67 bits per heavy atom. The molecule has 0 fully saturated rings. The molecule has 0 spiro atoms. The average Bonchev–Trinajstić information content (AvgIpc) is 2.02. The van der Waals surface area contributed by atoms with Crippen LogP contribution in [0.3, 0.4) is 0 Å². The summed E-state index contributed by atoms with van der Waals surface area (Å²) in [5.41, 5.74) is 12.4. The molecule has 6 heteroatoms. The van der Waals surface area contributed by atoms with Crippen LogP contribution in [-0.4, -0.2) is 39.1 Å². The Hall–Kier alpha value is -0.840. The highest BCUT2D eigenvalue weighted by molar-refractivity contribution is 8.00. The van der Waals surface area contributed by atoms with E-state index in [1.165, 1.54) is 0 Å². The van der Waals surface area contributed by atoms with E-state index in [4.69, 9.17) is 16.4 Å². The quantitative estimate of drug-likeness (QED) is 0.433. The minimum absolute atomic E-state index is 0.193. The number of hydrogen-bond donors (Lipinski definition) is 2. The summed E-state index contributed by atoms with van der Waals surface area (Å²) in [5.74, 6) is -0.110. The third-order valence-corrected chi connectivity index (χ3v) is 2.59. The van der Waals surface area contributed by atoms with E-state index in [9.17, 15) is 4.79 Å². The van der Waals surface area contributed by atoms with Crippen molar-refractivity contribution < 1.29 is 14.7 Å². The van der Waals surface area contributed by atoms with Crippen LogP contribution in [0.25, 0.3) is 5.53 Å². The topological polar surface area (TPSA) is 99.7 Å². The van der Waals surface area contributed by atoms with E-state index in [0.29, 0.717) is 6.42 Å². The van der Waals surface area contributed by atoms with Gasteiger partial charge in [0.25, 0.3) is 0 Å². The summed E-state index contributed by atoms with van der Waals surface area (Å²) < 4.78 is 0.193. The highest BCUT2D eigenvalue weighted by Gasteiger charge is 2.14. The van der Waals surface area contributed by atoms with Crippen LogP contribution in [0.5, 0.6) is 0 Å². The van der Waals surface area contributed by atoms with E-state index in [1.807, 2.05) is 0 Å². The molecule has 0 amide bonds. The number of thioether (sulfide) groups is 1. The van der Waals surface area contributed by atoms with Gasteiger partial charge in [-0.2, -0.15) is 16.6 Å². The number of carbonyl (C=O) groups is 1. The Kier molecular flexibility index (Phi) is 9.36. The molecule has 0 saturated carbocycles. The Morgan fingerprint density at radius 3 is 2.33 bits per heavy atom. The SMILES string of the molecule is C=[N+]=[N-].CC(C)(C)SCC[C@H](N)C(=O)O. The first-order valence-electron chi connectivity index (χ1n) is 4.47. The third kappa shape index (κ3) is 15.9. The van der Waals surface area contributed by atoms with Gasteiger partial charge in [0.15, 0.2) is 0 Å². The van der Waals surface area contributed by atoms with Crippen LogP contribution in [0.2, 0.25) is 0 Å². The van der Waals surface area contributed by atoms with E-state index in [-0.39, 0.29) is 4.75 Å². The molecule has 5 nitrogen and oxygen atoms in total. The summed E-state index contributed by atoms with van der Waals surface area (Å²) in [6.45, 7) is 8.97. The van der Waals surface area contributed by atoms with Crippen molar-refractivity contribution in [2.75, 3.05) is 5.75 Å². The van der Waals surface area contributed by atoms with Crippen LogP contribution in [0.15, 0.2) is 0 Å². The fourth-order valence-electron chi connectivity index (χ4n) is 0.616. The molecule has 0 aromatic carbocycles. The van der Waals surface area contributed by atoms with Gasteiger partial charge >= 0.3 is 5.97 Å². The number of aliphatic carboxylic acids is 1. The van der Waals surface area contributed by atoms with Gasteiger partial charge in [-0.1, -0.05) is 20.8 Å². The van der Waals surface area contributed by atoms with Crippen molar-refractivity contribution >= 4 is 24.4 Å². The van der Waals surface area contributed by atoms with Gasteiger partial charge in [0, 0.05) is 4.75 Å². The number of carboxylic acids is 1. The van der Waals surface area contributed by atoms with Gasteiger partial charge in [-0.05, 0) is 12.2 Å². The normalized spacial score (nSPS) is 12.0. The molecular formula is C9H19N3O2S. The first-order valence-corrected chi connectivity index (χ1v) is 5.45. The molecule has 0 aliphatic rings. The minimum atomic E-state index is -0.912. The predicted octanol–water partition coefficient (Wildman–Crippen LogP) is 1.24. The average molecular weight is 233 g/mol. The molecule has 15 heavy (non-hydrogen) atoms. The molecule has 3 N–H and O–H groups in total. The fourth-order valence-corrected chi connectivity index (χ4v) is 1.60. The first kappa shape index (κ1) is 16.6. The van der Waals surface area contributed by atoms with Gasteiger partial charge < -0.3 is 16.4 Å². The molecule has 0 bridgehead atoms. The van der Waals surface area contributed by atoms with Gasteiger partial charge in [0.05, 0.1) is 0 Å². The van der Waals surface area contributed by atoms with Gasteiger partial charge in [0.2, 0.25) is 6.72 Å². The standard InChI is InChI=1S/C8H17NO2S.CH2N2/c1-8(2,3)12-5-4-6(9)7(10)11;1-3-2/h6H,4-5,9H2,1-3H3,(H,10,11);1H2/t6-;/m0./s1. The zero-order chi connectivity index (χ0) is 12.5. The summed E-state index contributed by atoms with van der Waals surface area (Å²) in [7, 11) is 0. The van der Waals surface area contributed by atoms with Crippen LogP contribution in [-0.2, 0) is 4.79 Å². The van der Waals surface area contributed by atoms with Gasteiger partial charge in [-0.25, -0.2) is 0 Å². The van der Waals surface area contributed by atoms with Crippen molar-refractivity contribution in [2.24, 2.45) is 5.73 Å².